The minimum absolute atomic E-state index is 0.0305. The molecule has 0 aliphatic rings. The van der Waals surface area contributed by atoms with Crippen LogP contribution in [0.4, 0.5) is 5.69 Å². The fourth-order valence-corrected chi connectivity index (χ4v) is 1.75. The van der Waals surface area contributed by atoms with Crippen molar-refractivity contribution in [2.24, 2.45) is 5.73 Å². The highest BCUT2D eigenvalue weighted by atomic mass is 16.5. The van der Waals surface area contributed by atoms with E-state index in [4.69, 9.17) is 10.5 Å². The molecule has 2 aromatic carbocycles. The van der Waals surface area contributed by atoms with Crippen LogP contribution in [0, 0.1) is 0 Å². The van der Waals surface area contributed by atoms with Crippen LogP contribution in [0.25, 0.3) is 0 Å². The Morgan fingerprint density at radius 1 is 1.20 bits per heavy atom. The van der Waals surface area contributed by atoms with Crippen molar-refractivity contribution in [2.75, 3.05) is 11.9 Å². The lowest BCUT2D eigenvalue weighted by molar-refractivity contribution is -0.118. The summed E-state index contributed by atoms with van der Waals surface area (Å²) in [5, 5.41) is 2.76. The number of benzene rings is 2. The fraction of sp³-hybridized carbons (Fsp3) is 0.188. The first kappa shape index (κ1) is 14.1. The van der Waals surface area contributed by atoms with Crippen LogP contribution in [0.2, 0.25) is 0 Å². The normalized spacial score (nSPS) is 11.7. The van der Waals surface area contributed by atoms with Gasteiger partial charge in [0.05, 0.1) is 0 Å². The summed E-state index contributed by atoms with van der Waals surface area (Å²) in [6, 6.07) is 16.7. The zero-order valence-corrected chi connectivity index (χ0v) is 11.4. The molecular formula is C16H18N2O2. The first-order valence-corrected chi connectivity index (χ1v) is 6.48. The predicted octanol–water partition coefficient (Wildman–Crippen LogP) is 2.72. The molecule has 0 saturated heterocycles. The molecule has 1 amide bonds. The van der Waals surface area contributed by atoms with Crippen molar-refractivity contribution in [3.05, 3.63) is 60.2 Å². The van der Waals surface area contributed by atoms with Gasteiger partial charge in [0.15, 0.2) is 6.61 Å². The monoisotopic (exact) mass is 270 g/mol. The topological polar surface area (TPSA) is 64.3 Å². The highest BCUT2D eigenvalue weighted by Gasteiger charge is 2.05. The third kappa shape index (κ3) is 4.10. The molecule has 0 aliphatic carbocycles. The molecule has 0 radical (unpaired) electrons. The van der Waals surface area contributed by atoms with Crippen molar-refractivity contribution in [3.8, 4) is 5.75 Å². The number of hydrogen-bond donors (Lipinski definition) is 2. The number of amides is 1. The van der Waals surface area contributed by atoms with Gasteiger partial charge >= 0.3 is 0 Å². The van der Waals surface area contributed by atoms with Crippen LogP contribution < -0.4 is 15.8 Å². The Morgan fingerprint density at radius 3 is 2.65 bits per heavy atom. The molecule has 0 aliphatic heterocycles. The quantitative estimate of drug-likeness (QED) is 0.878. The van der Waals surface area contributed by atoms with E-state index in [-0.39, 0.29) is 18.6 Å². The van der Waals surface area contributed by atoms with Crippen molar-refractivity contribution < 1.29 is 9.53 Å². The van der Waals surface area contributed by atoms with E-state index < -0.39 is 0 Å². The number of anilines is 1. The fourth-order valence-electron chi connectivity index (χ4n) is 1.75. The average Bonchev–Trinajstić information content (AvgIpc) is 2.46. The van der Waals surface area contributed by atoms with Gasteiger partial charge in [0.25, 0.3) is 5.91 Å². The van der Waals surface area contributed by atoms with Gasteiger partial charge in [0.2, 0.25) is 0 Å². The van der Waals surface area contributed by atoms with Gasteiger partial charge in [0, 0.05) is 11.7 Å². The van der Waals surface area contributed by atoms with Gasteiger partial charge in [-0.05, 0) is 36.8 Å². The SMILES string of the molecule is C[C@H](N)c1cccc(OCC(=O)Nc2ccccc2)c1. The number of hydrogen-bond acceptors (Lipinski definition) is 3. The number of rotatable bonds is 5. The van der Waals surface area contributed by atoms with Crippen molar-refractivity contribution in [1.29, 1.82) is 0 Å². The summed E-state index contributed by atoms with van der Waals surface area (Å²) < 4.78 is 5.46. The van der Waals surface area contributed by atoms with Gasteiger partial charge in [-0.1, -0.05) is 30.3 Å². The smallest absolute Gasteiger partial charge is 0.262 e. The highest BCUT2D eigenvalue weighted by Crippen LogP contribution is 2.17. The van der Waals surface area contributed by atoms with E-state index in [9.17, 15) is 4.79 Å². The third-order valence-electron chi connectivity index (χ3n) is 2.81. The lowest BCUT2D eigenvalue weighted by Gasteiger charge is -2.10. The van der Waals surface area contributed by atoms with Gasteiger partial charge < -0.3 is 15.8 Å². The molecule has 0 fully saturated rings. The van der Waals surface area contributed by atoms with E-state index in [0.29, 0.717) is 5.75 Å². The molecular weight excluding hydrogens is 252 g/mol. The Bertz CT molecular complexity index is 568. The number of nitrogens with two attached hydrogens (primary N) is 1. The summed E-state index contributed by atoms with van der Waals surface area (Å²) in [5.41, 5.74) is 7.54. The number of carbonyl (C=O) groups excluding carboxylic acids is 1. The molecule has 4 heteroatoms. The zero-order valence-electron chi connectivity index (χ0n) is 11.4. The first-order valence-electron chi connectivity index (χ1n) is 6.48. The van der Waals surface area contributed by atoms with Crippen molar-refractivity contribution in [3.63, 3.8) is 0 Å². The van der Waals surface area contributed by atoms with Crippen LogP contribution in [0.15, 0.2) is 54.6 Å². The van der Waals surface area contributed by atoms with Crippen LogP contribution in [0.5, 0.6) is 5.75 Å². The molecule has 4 nitrogen and oxygen atoms in total. The van der Waals surface area contributed by atoms with Crippen molar-refractivity contribution in [2.45, 2.75) is 13.0 Å². The number of para-hydroxylation sites is 1. The number of carbonyl (C=O) groups is 1. The lowest BCUT2D eigenvalue weighted by Crippen LogP contribution is -2.20. The second-order valence-corrected chi connectivity index (χ2v) is 4.56. The van der Waals surface area contributed by atoms with E-state index >= 15 is 0 Å². The van der Waals surface area contributed by atoms with E-state index in [1.807, 2.05) is 61.5 Å². The van der Waals surface area contributed by atoms with Gasteiger partial charge in [-0.2, -0.15) is 0 Å². The molecule has 0 aromatic heterocycles. The Labute approximate surface area is 118 Å². The first-order chi connectivity index (χ1) is 9.65. The second-order valence-electron chi connectivity index (χ2n) is 4.56. The molecule has 1 atom stereocenters. The minimum atomic E-state index is -0.192. The number of nitrogens with one attached hydrogen (secondary N) is 1. The predicted molar refractivity (Wildman–Crippen MR) is 79.6 cm³/mol. The van der Waals surface area contributed by atoms with E-state index in [1.165, 1.54) is 0 Å². The molecule has 0 spiro atoms. The Kier molecular flexibility index (Phi) is 4.74. The maximum Gasteiger partial charge on any atom is 0.262 e. The lowest BCUT2D eigenvalue weighted by atomic mass is 10.1. The minimum Gasteiger partial charge on any atom is -0.484 e. The third-order valence-corrected chi connectivity index (χ3v) is 2.81. The van der Waals surface area contributed by atoms with Crippen LogP contribution in [-0.2, 0) is 4.79 Å². The summed E-state index contributed by atoms with van der Waals surface area (Å²) in [4.78, 5) is 11.7. The zero-order chi connectivity index (χ0) is 14.4. The molecule has 2 aromatic rings. The van der Waals surface area contributed by atoms with Crippen LogP contribution in [0.3, 0.4) is 0 Å². The molecule has 2 rings (SSSR count). The van der Waals surface area contributed by atoms with Crippen molar-refractivity contribution >= 4 is 11.6 Å². The standard InChI is InChI=1S/C16H18N2O2/c1-12(17)13-6-5-9-15(10-13)20-11-16(19)18-14-7-3-2-4-8-14/h2-10,12H,11,17H2,1H3,(H,18,19)/t12-/m0/s1. The molecule has 0 saturated carbocycles. The van der Waals surface area contributed by atoms with E-state index in [1.54, 1.807) is 0 Å². The molecule has 20 heavy (non-hydrogen) atoms. The molecule has 0 unspecified atom stereocenters. The maximum absolute atomic E-state index is 11.7. The van der Waals surface area contributed by atoms with Crippen molar-refractivity contribution in [1.82, 2.24) is 0 Å². The Balaban J connectivity index is 1.89. The average molecular weight is 270 g/mol. The van der Waals surface area contributed by atoms with Gasteiger partial charge in [-0.25, -0.2) is 0 Å². The van der Waals surface area contributed by atoms with Gasteiger partial charge in [-0.15, -0.1) is 0 Å². The highest BCUT2D eigenvalue weighted by molar-refractivity contribution is 5.91. The number of ether oxygens (including phenoxy) is 1. The van der Waals surface area contributed by atoms with Crippen LogP contribution in [0.1, 0.15) is 18.5 Å². The van der Waals surface area contributed by atoms with Gasteiger partial charge in [-0.3, -0.25) is 4.79 Å². The summed E-state index contributed by atoms with van der Waals surface area (Å²) >= 11 is 0. The Morgan fingerprint density at radius 2 is 1.95 bits per heavy atom. The molecule has 0 bridgehead atoms. The summed E-state index contributed by atoms with van der Waals surface area (Å²) in [5.74, 6) is 0.449. The summed E-state index contributed by atoms with van der Waals surface area (Å²) in [6.45, 7) is 1.87. The summed E-state index contributed by atoms with van der Waals surface area (Å²) in [7, 11) is 0. The van der Waals surface area contributed by atoms with Crippen LogP contribution in [-0.4, -0.2) is 12.5 Å². The summed E-state index contributed by atoms with van der Waals surface area (Å²) in [6.07, 6.45) is 0. The van der Waals surface area contributed by atoms with E-state index in [2.05, 4.69) is 5.32 Å². The largest absolute Gasteiger partial charge is 0.484 e. The second kappa shape index (κ2) is 6.73. The Hall–Kier alpha value is -2.33. The molecule has 104 valence electrons. The van der Waals surface area contributed by atoms with Crippen LogP contribution >= 0.6 is 0 Å². The molecule has 3 N–H and O–H groups in total. The van der Waals surface area contributed by atoms with Gasteiger partial charge in [0.1, 0.15) is 5.75 Å². The maximum atomic E-state index is 11.7. The van der Waals surface area contributed by atoms with E-state index in [0.717, 1.165) is 11.3 Å². The molecule has 0 heterocycles.